The van der Waals surface area contributed by atoms with E-state index in [4.69, 9.17) is 17.3 Å². The second-order valence-electron chi connectivity index (χ2n) is 3.99. The molecule has 17 heavy (non-hydrogen) atoms. The van der Waals surface area contributed by atoms with E-state index >= 15 is 0 Å². The molecular weight excluding hydrogens is 251 g/mol. The lowest BCUT2D eigenvalue weighted by molar-refractivity contribution is -0.137. The molecule has 0 bridgehead atoms. The third kappa shape index (κ3) is 3.89. The second-order valence-corrected chi connectivity index (χ2v) is 4.39. The summed E-state index contributed by atoms with van der Waals surface area (Å²) in [7, 11) is 0. The first-order valence-electron chi connectivity index (χ1n) is 5.48. The van der Waals surface area contributed by atoms with Crippen molar-refractivity contribution in [1.29, 1.82) is 0 Å². The summed E-state index contributed by atoms with van der Waals surface area (Å²) in [5.74, 6) is 0. The van der Waals surface area contributed by atoms with Gasteiger partial charge < -0.3 is 5.73 Å². The normalized spacial score (nSPS) is 13.8. The zero-order chi connectivity index (χ0) is 13.1. The van der Waals surface area contributed by atoms with Crippen molar-refractivity contribution in [2.24, 2.45) is 5.73 Å². The maximum Gasteiger partial charge on any atom is 0.417 e. The van der Waals surface area contributed by atoms with Crippen LogP contribution in [0.4, 0.5) is 13.2 Å². The molecule has 0 aliphatic carbocycles. The molecule has 0 saturated carbocycles. The monoisotopic (exact) mass is 265 g/mol. The molecule has 0 radical (unpaired) electrons. The lowest BCUT2D eigenvalue weighted by Crippen LogP contribution is -2.12. The number of halogens is 4. The molecule has 1 aromatic rings. The van der Waals surface area contributed by atoms with Crippen LogP contribution in [0.3, 0.4) is 0 Å². The summed E-state index contributed by atoms with van der Waals surface area (Å²) < 4.78 is 37.4. The molecule has 1 nitrogen and oxygen atoms in total. The lowest BCUT2D eigenvalue weighted by atomic mass is 10.0. The minimum Gasteiger partial charge on any atom is -0.324 e. The van der Waals surface area contributed by atoms with E-state index in [2.05, 4.69) is 0 Å². The average molecular weight is 266 g/mol. The summed E-state index contributed by atoms with van der Waals surface area (Å²) in [6, 6.07) is 3.44. The number of alkyl halides is 3. The van der Waals surface area contributed by atoms with Crippen LogP contribution in [0.1, 0.15) is 43.4 Å². The van der Waals surface area contributed by atoms with E-state index < -0.39 is 11.7 Å². The van der Waals surface area contributed by atoms with E-state index in [0.717, 1.165) is 25.3 Å². The van der Waals surface area contributed by atoms with Crippen LogP contribution in [0.2, 0.25) is 5.02 Å². The lowest BCUT2D eigenvalue weighted by Gasteiger charge is -2.14. The third-order valence-corrected chi connectivity index (χ3v) is 2.91. The smallest absolute Gasteiger partial charge is 0.324 e. The van der Waals surface area contributed by atoms with Gasteiger partial charge >= 0.3 is 6.18 Å². The Kier molecular flexibility index (Phi) is 4.83. The molecule has 1 rings (SSSR count). The fraction of sp³-hybridized carbons (Fsp3) is 0.500. The van der Waals surface area contributed by atoms with Crippen LogP contribution in [-0.4, -0.2) is 0 Å². The van der Waals surface area contributed by atoms with Gasteiger partial charge in [0.1, 0.15) is 0 Å². The summed E-state index contributed by atoms with van der Waals surface area (Å²) in [4.78, 5) is 0. The largest absolute Gasteiger partial charge is 0.417 e. The SMILES string of the molecule is CCCC[C@H](N)c1ccc(C(F)(F)F)c(Cl)c1. The first-order chi connectivity index (χ1) is 7.86. The standard InChI is InChI=1S/C12H15ClF3N/c1-2-3-4-11(17)8-5-6-9(10(13)7-8)12(14,15)16/h5-7,11H,2-4,17H2,1H3/t11-/m0/s1. The molecule has 0 heterocycles. The number of unbranched alkanes of at least 4 members (excludes halogenated alkanes) is 1. The Hall–Kier alpha value is -0.740. The molecule has 2 N–H and O–H groups in total. The summed E-state index contributed by atoms with van der Waals surface area (Å²) in [6.07, 6.45) is -1.72. The maximum atomic E-state index is 12.5. The number of hydrogen-bond acceptors (Lipinski definition) is 1. The Bertz CT molecular complexity index is 377. The van der Waals surface area contributed by atoms with Crippen molar-refractivity contribution in [1.82, 2.24) is 0 Å². The van der Waals surface area contributed by atoms with Gasteiger partial charge in [0.25, 0.3) is 0 Å². The van der Waals surface area contributed by atoms with E-state index in [1.807, 2.05) is 6.92 Å². The summed E-state index contributed by atoms with van der Waals surface area (Å²) in [5, 5.41) is -0.290. The predicted octanol–water partition coefficient (Wildman–Crippen LogP) is 4.55. The van der Waals surface area contributed by atoms with Gasteiger partial charge in [0, 0.05) is 6.04 Å². The highest BCUT2D eigenvalue weighted by Gasteiger charge is 2.33. The first-order valence-corrected chi connectivity index (χ1v) is 5.86. The third-order valence-electron chi connectivity index (χ3n) is 2.60. The Morgan fingerprint density at radius 2 is 2.00 bits per heavy atom. The van der Waals surface area contributed by atoms with E-state index in [-0.39, 0.29) is 11.1 Å². The number of benzene rings is 1. The van der Waals surface area contributed by atoms with Gasteiger partial charge in [0.2, 0.25) is 0 Å². The van der Waals surface area contributed by atoms with E-state index in [0.29, 0.717) is 5.56 Å². The Morgan fingerprint density at radius 1 is 1.35 bits per heavy atom. The molecule has 0 saturated heterocycles. The molecule has 0 aliphatic rings. The molecule has 1 atom stereocenters. The maximum absolute atomic E-state index is 12.5. The van der Waals surface area contributed by atoms with Gasteiger partial charge in [-0.15, -0.1) is 0 Å². The molecule has 0 amide bonds. The highest BCUT2D eigenvalue weighted by Crippen LogP contribution is 2.35. The Labute approximate surface area is 104 Å². The second kappa shape index (κ2) is 5.74. The van der Waals surface area contributed by atoms with Crippen molar-refractivity contribution >= 4 is 11.6 Å². The minimum atomic E-state index is -4.41. The quantitative estimate of drug-likeness (QED) is 0.849. The highest BCUT2D eigenvalue weighted by atomic mass is 35.5. The molecule has 0 aromatic heterocycles. The van der Waals surface area contributed by atoms with Gasteiger partial charge in [-0.3, -0.25) is 0 Å². The Morgan fingerprint density at radius 3 is 2.47 bits per heavy atom. The van der Waals surface area contributed by atoms with Crippen LogP contribution < -0.4 is 5.73 Å². The molecule has 5 heteroatoms. The van der Waals surface area contributed by atoms with Crippen molar-refractivity contribution in [2.75, 3.05) is 0 Å². The van der Waals surface area contributed by atoms with Gasteiger partial charge in [-0.05, 0) is 24.1 Å². The molecule has 0 fully saturated rings. The van der Waals surface area contributed by atoms with E-state index in [9.17, 15) is 13.2 Å². The zero-order valence-electron chi connectivity index (χ0n) is 9.52. The first kappa shape index (κ1) is 14.3. The summed E-state index contributed by atoms with van der Waals surface area (Å²) in [5.41, 5.74) is 5.70. The minimum absolute atomic E-state index is 0.255. The number of nitrogens with two attached hydrogens (primary N) is 1. The van der Waals surface area contributed by atoms with Crippen molar-refractivity contribution in [3.8, 4) is 0 Å². The topological polar surface area (TPSA) is 26.0 Å². The van der Waals surface area contributed by atoms with Gasteiger partial charge in [-0.2, -0.15) is 13.2 Å². The average Bonchev–Trinajstić information content (AvgIpc) is 2.23. The van der Waals surface area contributed by atoms with Gasteiger partial charge in [-0.25, -0.2) is 0 Å². The van der Waals surface area contributed by atoms with Crippen LogP contribution >= 0.6 is 11.6 Å². The number of rotatable bonds is 4. The number of hydrogen-bond donors (Lipinski definition) is 1. The molecule has 96 valence electrons. The van der Waals surface area contributed by atoms with Crippen LogP contribution in [0.15, 0.2) is 18.2 Å². The predicted molar refractivity (Wildman–Crippen MR) is 62.9 cm³/mol. The fourth-order valence-corrected chi connectivity index (χ4v) is 1.88. The van der Waals surface area contributed by atoms with Gasteiger partial charge in [-0.1, -0.05) is 37.4 Å². The molecule has 1 aromatic carbocycles. The summed E-state index contributed by atoms with van der Waals surface area (Å²) in [6.45, 7) is 2.03. The summed E-state index contributed by atoms with van der Waals surface area (Å²) >= 11 is 5.62. The van der Waals surface area contributed by atoms with E-state index in [1.54, 1.807) is 0 Å². The molecule has 0 aliphatic heterocycles. The van der Waals surface area contributed by atoms with Crippen LogP contribution in [0, 0.1) is 0 Å². The zero-order valence-corrected chi connectivity index (χ0v) is 10.3. The van der Waals surface area contributed by atoms with Crippen LogP contribution in [0.5, 0.6) is 0 Å². The van der Waals surface area contributed by atoms with Gasteiger partial charge in [0.15, 0.2) is 0 Å². The Balaban J connectivity index is 2.89. The molecular formula is C12H15ClF3N. The highest BCUT2D eigenvalue weighted by molar-refractivity contribution is 6.31. The van der Waals surface area contributed by atoms with Gasteiger partial charge in [0.05, 0.1) is 10.6 Å². The van der Waals surface area contributed by atoms with Crippen LogP contribution in [-0.2, 0) is 6.18 Å². The van der Waals surface area contributed by atoms with Crippen molar-refractivity contribution in [3.63, 3.8) is 0 Å². The van der Waals surface area contributed by atoms with Crippen molar-refractivity contribution in [2.45, 2.75) is 38.4 Å². The van der Waals surface area contributed by atoms with Crippen molar-refractivity contribution < 1.29 is 13.2 Å². The van der Waals surface area contributed by atoms with Crippen molar-refractivity contribution in [3.05, 3.63) is 34.3 Å². The van der Waals surface area contributed by atoms with E-state index in [1.165, 1.54) is 12.1 Å². The molecule has 0 unspecified atom stereocenters. The molecule has 0 spiro atoms. The fourth-order valence-electron chi connectivity index (χ4n) is 1.58. The van der Waals surface area contributed by atoms with Crippen LogP contribution in [0.25, 0.3) is 0 Å².